The fraction of sp³-hybridized carbons (Fsp3) is 0.286. The van der Waals surface area contributed by atoms with Gasteiger partial charge in [0.15, 0.2) is 5.13 Å². The van der Waals surface area contributed by atoms with E-state index in [4.69, 9.17) is 16.6 Å². The van der Waals surface area contributed by atoms with E-state index in [0.717, 1.165) is 17.2 Å². The van der Waals surface area contributed by atoms with Crippen LogP contribution in [0.25, 0.3) is 0 Å². The third kappa shape index (κ3) is 4.64. The van der Waals surface area contributed by atoms with E-state index in [1.54, 1.807) is 35.6 Å². The van der Waals surface area contributed by atoms with Gasteiger partial charge in [-0.05, 0) is 36.8 Å². The number of anilines is 1. The molecular weight excluding hydrogens is 426 g/mol. The number of hydrogen-bond donors (Lipinski definition) is 0. The fourth-order valence-electron chi connectivity index (χ4n) is 3.31. The van der Waals surface area contributed by atoms with E-state index < -0.39 is 10.0 Å². The molecule has 8 heteroatoms. The van der Waals surface area contributed by atoms with Crippen LogP contribution in [0.4, 0.5) is 5.13 Å². The SMILES string of the molecule is Cc1ccc(Cc2csc(N3CCN(S(=O)(=O)c4ccc(Cl)cc4)CC3)n2)cc1. The number of thiazole rings is 1. The summed E-state index contributed by atoms with van der Waals surface area (Å²) >= 11 is 7.49. The summed E-state index contributed by atoms with van der Waals surface area (Å²) in [5.41, 5.74) is 3.54. The summed E-state index contributed by atoms with van der Waals surface area (Å²) in [7, 11) is -3.49. The number of aromatic nitrogens is 1. The number of hydrogen-bond acceptors (Lipinski definition) is 5. The van der Waals surface area contributed by atoms with Gasteiger partial charge < -0.3 is 4.90 Å². The van der Waals surface area contributed by atoms with Gasteiger partial charge in [0.2, 0.25) is 10.0 Å². The molecule has 0 unspecified atom stereocenters. The highest BCUT2D eigenvalue weighted by atomic mass is 35.5. The van der Waals surface area contributed by atoms with Crippen LogP contribution < -0.4 is 4.90 Å². The monoisotopic (exact) mass is 447 g/mol. The minimum absolute atomic E-state index is 0.282. The quantitative estimate of drug-likeness (QED) is 0.588. The van der Waals surface area contributed by atoms with Gasteiger partial charge in [-0.15, -0.1) is 11.3 Å². The number of benzene rings is 2. The first kappa shape index (κ1) is 20.3. The van der Waals surface area contributed by atoms with E-state index in [0.29, 0.717) is 31.2 Å². The second kappa shape index (κ2) is 8.44. The molecule has 0 N–H and O–H groups in total. The summed E-state index contributed by atoms with van der Waals surface area (Å²) in [6.07, 6.45) is 0.807. The molecule has 1 saturated heterocycles. The maximum Gasteiger partial charge on any atom is 0.243 e. The van der Waals surface area contributed by atoms with Crippen LogP contribution in [0, 0.1) is 6.92 Å². The molecule has 0 atom stereocenters. The number of piperazine rings is 1. The number of sulfonamides is 1. The van der Waals surface area contributed by atoms with Crippen LogP contribution >= 0.6 is 22.9 Å². The van der Waals surface area contributed by atoms with Gasteiger partial charge in [-0.1, -0.05) is 41.4 Å². The van der Waals surface area contributed by atoms with Gasteiger partial charge in [-0.25, -0.2) is 13.4 Å². The minimum Gasteiger partial charge on any atom is -0.345 e. The second-order valence-corrected chi connectivity index (χ2v) is 10.3. The van der Waals surface area contributed by atoms with Crippen molar-refractivity contribution < 1.29 is 8.42 Å². The third-order valence-corrected chi connectivity index (χ3v) is 8.12. The molecule has 0 aliphatic carbocycles. The molecule has 1 aromatic heterocycles. The normalized spacial score (nSPS) is 15.6. The molecule has 0 saturated carbocycles. The molecule has 5 nitrogen and oxygen atoms in total. The Morgan fingerprint density at radius 2 is 1.66 bits per heavy atom. The molecule has 29 heavy (non-hydrogen) atoms. The smallest absolute Gasteiger partial charge is 0.243 e. The molecule has 2 heterocycles. The zero-order chi connectivity index (χ0) is 20.4. The summed E-state index contributed by atoms with van der Waals surface area (Å²) < 4.78 is 27.2. The van der Waals surface area contributed by atoms with Gasteiger partial charge in [0.1, 0.15) is 0 Å². The lowest BCUT2D eigenvalue weighted by Crippen LogP contribution is -2.48. The highest BCUT2D eigenvalue weighted by Crippen LogP contribution is 2.25. The van der Waals surface area contributed by atoms with Crippen molar-refractivity contribution in [3.8, 4) is 0 Å². The molecule has 0 bridgehead atoms. The molecule has 0 radical (unpaired) electrons. The molecule has 0 amide bonds. The number of halogens is 1. The molecule has 0 spiro atoms. The maximum atomic E-state index is 12.8. The average molecular weight is 448 g/mol. The van der Waals surface area contributed by atoms with Gasteiger partial charge in [-0.2, -0.15) is 4.31 Å². The molecule has 2 aromatic carbocycles. The van der Waals surface area contributed by atoms with Crippen molar-refractivity contribution in [2.45, 2.75) is 18.2 Å². The van der Waals surface area contributed by atoms with E-state index in [1.165, 1.54) is 15.4 Å². The topological polar surface area (TPSA) is 53.5 Å². The molecule has 3 aromatic rings. The summed E-state index contributed by atoms with van der Waals surface area (Å²) in [5, 5.41) is 3.57. The highest BCUT2D eigenvalue weighted by Gasteiger charge is 2.29. The summed E-state index contributed by atoms with van der Waals surface area (Å²) in [4.78, 5) is 7.21. The minimum atomic E-state index is -3.49. The zero-order valence-corrected chi connectivity index (χ0v) is 18.5. The van der Waals surface area contributed by atoms with Gasteiger partial charge in [0, 0.05) is 43.0 Å². The average Bonchev–Trinajstić information content (AvgIpc) is 3.19. The third-order valence-electron chi connectivity index (χ3n) is 5.01. The zero-order valence-electron chi connectivity index (χ0n) is 16.1. The lowest BCUT2D eigenvalue weighted by molar-refractivity contribution is 0.384. The Hall–Kier alpha value is -1.93. The Morgan fingerprint density at radius 1 is 1.00 bits per heavy atom. The fourth-order valence-corrected chi connectivity index (χ4v) is 5.74. The van der Waals surface area contributed by atoms with E-state index in [9.17, 15) is 8.42 Å². The molecule has 1 fully saturated rings. The Morgan fingerprint density at radius 3 is 2.31 bits per heavy atom. The van der Waals surface area contributed by atoms with Crippen molar-refractivity contribution in [3.63, 3.8) is 0 Å². The highest BCUT2D eigenvalue weighted by molar-refractivity contribution is 7.89. The molecular formula is C21H22ClN3O2S2. The first-order chi connectivity index (χ1) is 13.9. The van der Waals surface area contributed by atoms with Gasteiger partial charge in [0.25, 0.3) is 0 Å². The molecule has 4 rings (SSSR count). The largest absolute Gasteiger partial charge is 0.345 e. The maximum absolute atomic E-state index is 12.8. The summed E-state index contributed by atoms with van der Waals surface area (Å²) in [5.74, 6) is 0. The van der Waals surface area contributed by atoms with Crippen LogP contribution in [-0.2, 0) is 16.4 Å². The van der Waals surface area contributed by atoms with Crippen LogP contribution in [-0.4, -0.2) is 43.9 Å². The number of nitrogens with zero attached hydrogens (tertiary/aromatic N) is 3. The molecule has 152 valence electrons. The second-order valence-electron chi connectivity index (χ2n) is 7.13. The van der Waals surface area contributed by atoms with E-state index in [-0.39, 0.29) is 4.90 Å². The Bertz CT molecular complexity index is 1070. The summed E-state index contributed by atoms with van der Waals surface area (Å²) in [6.45, 7) is 4.22. The van der Waals surface area contributed by atoms with E-state index in [2.05, 4.69) is 41.5 Å². The van der Waals surface area contributed by atoms with E-state index in [1.807, 2.05) is 0 Å². The first-order valence-electron chi connectivity index (χ1n) is 9.42. The standard InChI is InChI=1S/C21H22ClN3O2S2/c1-16-2-4-17(5-3-16)14-19-15-28-21(23-19)24-10-12-25(13-11-24)29(26,27)20-8-6-18(22)7-9-20/h2-9,15H,10-14H2,1H3. The van der Waals surface area contributed by atoms with Crippen molar-refractivity contribution in [1.29, 1.82) is 0 Å². The van der Waals surface area contributed by atoms with Crippen LogP contribution in [0.1, 0.15) is 16.8 Å². The van der Waals surface area contributed by atoms with Crippen molar-refractivity contribution in [3.05, 3.63) is 75.8 Å². The summed E-state index contributed by atoms with van der Waals surface area (Å²) in [6, 6.07) is 14.8. The van der Waals surface area contributed by atoms with Crippen LogP contribution in [0.2, 0.25) is 5.02 Å². The van der Waals surface area contributed by atoms with Gasteiger partial charge >= 0.3 is 0 Å². The lowest BCUT2D eigenvalue weighted by Gasteiger charge is -2.33. The van der Waals surface area contributed by atoms with Crippen molar-refractivity contribution in [2.24, 2.45) is 0 Å². The number of aryl methyl sites for hydroxylation is 1. The van der Waals surface area contributed by atoms with Crippen LogP contribution in [0.5, 0.6) is 0 Å². The lowest BCUT2D eigenvalue weighted by atomic mass is 10.1. The molecule has 1 aliphatic rings. The van der Waals surface area contributed by atoms with Crippen molar-refractivity contribution in [2.75, 3.05) is 31.1 Å². The van der Waals surface area contributed by atoms with Crippen LogP contribution in [0.3, 0.4) is 0 Å². The number of rotatable bonds is 5. The molecule has 1 aliphatic heterocycles. The first-order valence-corrected chi connectivity index (χ1v) is 12.1. The van der Waals surface area contributed by atoms with Gasteiger partial charge in [0.05, 0.1) is 10.6 Å². The van der Waals surface area contributed by atoms with Gasteiger partial charge in [-0.3, -0.25) is 0 Å². The Balaban J connectivity index is 1.39. The van der Waals surface area contributed by atoms with Crippen LogP contribution in [0.15, 0.2) is 58.8 Å². The van der Waals surface area contributed by atoms with Crippen molar-refractivity contribution >= 4 is 38.1 Å². The predicted octanol–water partition coefficient (Wildman–Crippen LogP) is 4.21. The van der Waals surface area contributed by atoms with E-state index >= 15 is 0 Å². The van der Waals surface area contributed by atoms with Crippen molar-refractivity contribution in [1.82, 2.24) is 9.29 Å². The predicted molar refractivity (Wildman–Crippen MR) is 119 cm³/mol. The Labute approximate surface area is 180 Å². The Kier molecular flexibility index (Phi) is 5.92.